The molecule has 2 aromatic heterocycles. The zero-order valence-corrected chi connectivity index (χ0v) is 17.3. The van der Waals surface area contributed by atoms with E-state index in [-0.39, 0.29) is 18.1 Å². The van der Waals surface area contributed by atoms with Gasteiger partial charge in [0.2, 0.25) is 5.91 Å². The molecular weight excluding hydrogens is 397 g/mol. The number of hydrogen-bond donors (Lipinski definition) is 3. The van der Waals surface area contributed by atoms with E-state index >= 15 is 0 Å². The number of fused-ring (bicyclic) bond motifs is 2. The summed E-state index contributed by atoms with van der Waals surface area (Å²) in [5.41, 5.74) is 4.95. The lowest BCUT2D eigenvalue weighted by Gasteiger charge is -2.25. The van der Waals surface area contributed by atoms with E-state index in [0.29, 0.717) is 5.69 Å². The van der Waals surface area contributed by atoms with Crippen molar-refractivity contribution in [3.05, 3.63) is 59.3 Å². The number of hydrogen-bond acceptors (Lipinski definition) is 4. The summed E-state index contributed by atoms with van der Waals surface area (Å²) in [6, 6.07) is 10.2. The number of amides is 1. The summed E-state index contributed by atoms with van der Waals surface area (Å²) in [4.78, 5) is 26.2. The third-order valence-electron chi connectivity index (χ3n) is 5.71. The molecule has 7 nitrogen and oxygen atoms in total. The number of imidazole rings is 1. The third kappa shape index (κ3) is 4.17. The molecule has 1 aliphatic heterocycles. The number of aromatic amines is 2. The minimum Gasteiger partial charge on any atom is -0.379 e. The molecule has 0 bridgehead atoms. The van der Waals surface area contributed by atoms with Gasteiger partial charge >= 0.3 is 0 Å². The number of carbonyl (C=O) groups is 1. The van der Waals surface area contributed by atoms with Crippen LogP contribution < -0.4 is 5.32 Å². The van der Waals surface area contributed by atoms with E-state index in [4.69, 9.17) is 4.74 Å². The van der Waals surface area contributed by atoms with Crippen molar-refractivity contribution < 1.29 is 13.9 Å². The van der Waals surface area contributed by atoms with Gasteiger partial charge < -0.3 is 20.0 Å². The second kappa shape index (κ2) is 8.13. The van der Waals surface area contributed by atoms with Crippen LogP contribution in [0.2, 0.25) is 0 Å². The largest absolute Gasteiger partial charge is 0.379 e. The Morgan fingerprint density at radius 1 is 1.16 bits per heavy atom. The molecule has 1 aliphatic rings. The van der Waals surface area contributed by atoms with Crippen molar-refractivity contribution in [2.45, 2.75) is 19.9 Å². The normalized spacial score (nSPS) is 15.0. The van der Waals surface area contributed by atoms with Crippen LogP contribution >= 0.6 is 0 Å². The Kier molecular flexibility index (Phi) is 5.17. The Balaban J connectivity index is 1.30. The number of nitrogens with one attached hydrogen (secondary N) is 3. The quantitative estimate of drug-likeness (QED) is 0.460. The number of rotatable bonds is 5. The van der Waals surface area contributed by atoms with Gasteiger partial charge in [-0.25, -0.2) is 9.37 Å². The Morgan fingerprint density at radius 2 is 2.00 bits per heavy atom. The van der Waals surface area contributed by atoms with Crippen molar-refractivity contribution in [1.82, 2.24) is 19.9 Å². The molecule has 3 heterocycles. The number of benzene rings is 2. The van der Waals surface area contributed by atoms with Crippen molar-refractivity contribution in [2.24, 2.45) is 0 Å². The van der Waals surface area contributed by atoms with Gasteiger partial charge in [-0.1, -0.05) is 0 Å². The molecule has 160 valence electrons. The first-order valence-electron chi connectivity index (χ1n) is 10.4. The van der Waals surface area contributed by atoms with Crippen LogP contribution in [0.3, 0.4) is 0 Å². The third-order valence-corrected chi connectivity index (χ3v) is 5.71. The van der Waals surface area contributed by atoms with Crippen molar-refractivity contribution in [1.29, 1.82) is 0 Å². The standard InChI is InChI=1S/C23H24FN5O2/c1-14-17(18-10-15(24)2-4-19(18)25-14)12-23(30)26-16-3-5-20-21(11-16)28-22(27-20)13-29-6-8-31-9-7-29/h2-5,10-11,25H,6-9,12-13H2,1H3,(H,26,30)(H,27,28). The molecule has 2 aromatic carbocycles. The Labute approximate surface area is 178 Å². The van der Waals surface area contributed by atoms with Gasteiger partial charge in [-0.05, 0) is 48.9 Å². The minimum atomic E-state index is -0.314. The predicted octanol–water partition coefficient (Wildman–Crippen LogP) is 3.51. The fraction of sp³-hybridized carbons (Fsp3) is 0.304. The lowest BCUT2D eigenvalue weighted by atomic mass is 10.1. The van der Waals surface area contributed by atoms with E-state index in [1.54, 1.807) is 6.07 Å². The summed E-state index contributed by atoms with van der Waals surface area (Å²) < 4.78 is 19.1. The van der Waals surface area contributed by atoms with Crippen LogP contribution in [-0.4, -0.2) is 52.1 Å². The molecule has 0 radical (unpaired) electrons. The first-order chi connectivity index (χ1) is 15.0. The van der Waals surface area contributed by atoms with Crippen LogP contribution in [0.25, 0.3) is 21.9 Å². The van der Waals surface area contributed by atoms with E-state index in [1.165, 1.54) is 12.1 Å². The average molecular weight is 421 g/mol. The molecule has 3 N–H and O–H groups in total. The SMILES string of the molecule is Cc1[nH]c2ccc(F)cc2c1CC(=O)Nc1ccc2nc(CN3CCOCC3)[nH]c2c1. The van der Waals surface area contributed by atoms with E-state index in [9.17, 15) is 9.18 Å². The molecule has 31 heavy (non-hydrogen) atoms. The molecule has 4 aromatic rings. The van der Waals surface area contributed by atoms with Crippen LogP contribution in [0.15, 0.2) is 36.4 Å². The summed E-state index contributed by atoms with van der Waals surface area (Å²) in [5, 5.41) is 3.69. The number of morpholine rings is 1. The second-order valence-corrected chi connectivity index (χ2v) is 7.95. The number of carbonyl (C=O) groups excluding carboxylic acids is 1. The molecule has 5 rings (SSSR count). The van der Waals surface area contributed by atoms with Gasteiger partial charge in [0.15, 0.2) is 0 Å². The maximum absolute atomic E-state index is 13.7. The Morgan fingerprint density at radius 3 is 2.84 bits per heavy atom. The fourth-order valence-electron chi connectivity index (χ4n) is 4.13. The number of aryl methyl sites for hydroxylation is 1. The molecule has 0 saturated carbocycles. The Hall–Kier alpha value is -3.23. The highest BCUT2D eigenvalue weighted by Crippen LogP contribution is 2.24. The van der Waals surface area contributed by atoms with Crippen molar-refractivity contribution in [2.75, 3.05) is 31.6 Å². The van der Waals surface area contributed by atoms with Gasteiger partial charge in [-0.2, -0.15) is 0 Å². The molecule has 0 atom stereocenters. The average Bonchev–Trinajstić information content (AvgIpc) is 3.28. The summed E-state index contributed by atoms with van der Waals surface area (Å²) in [5.74, 6) is 0.434. The van der Waals surface area contributed by atoms with Gasteiger partial charge in [0.25, 0.3) is 0 Å². The van der Waals surface area contributed by atoms with Gasteiger partial charge in [-0.3, -0.25) is 9.69 Å². The molecule has 1 saturated heterocycles. The van der Waals surface area contributed by atoms with Crippen LogP contribution in [0, 0.1) is 12.7 Å². The number of nitrogens with zero attached hydrogens (tertiary/aromatic N) is 2. The Bertz CT molecular complexity index is 1260. The van der Waals surface area contributed by atoms with Gasteiger partial charge in [0, 0.05) is 35.4 Å². The summed E-state index contributed by atoms with van der Waals surface area (Å²) in [6.07, 6.45) is 0.165. The van der Waals surface area contributed by atoms with Crippen LogP contribution in [0.5, 0.6) is 0 Å². The number of halogens is 1. The molecule has 1 amide bonds. The minimum absolute atomic E-state index is 0.152. The molecule has 0 spiro atoms. The molecule has 0 unspecified atom stereocenters. The first-order valence-corrected chi connectivity index (χ1v) is 10.4. The van der Waals surface area contributed by atoms with E-state index in [0.717, 1.165) is 71.9 Å². The highest BCUT2D eigenvalue weighted by molar-refractivity contribution is 5.97. The van der Waals surface area contributed by atoms with Gasteiger partial charge in [-0.15, -0.1) is 0 Å². The second-order valence-electron chi connectivity index (χ2n) is 7.95. The summed E-state index contributed by atoms with van der Waals surface area (Å²) in [7, 11) is 0. The van der Waals surface area contributed by atoms with E-state index in [1.807, 2.05) is 25.1 Å². The van der Waals surface area contributed by atoms with Crippen LogP contribution in [0.4, 0.5) is 10.1 Å². The number of ether oxygens (including phenoxy) is 1. The monoisotopic (exact) mass is 421 g/mol. The smallest absolute Gasteiger partial charge is 0.228 e. The van der Waals surface area contributed by atoms with E-state index < -0.39 is 0 Å². The molecule has 8 heteroatoms. The number of H-pyrrole nitrogens is 2. The zero-order valence-electron chi connectivity index (χ0n) is 17.3. The molecular formula is C23H24FN5O2. The lowest BCUT2D eigenvalue weighted by Crippen LogP contribution is -2.35. The predicted molar refractivity (Wildman–Crippen MR) is 118 cm³/mol. The van der Waals surface area contributed by atoms with Gasteiger partial charge in [0.1, 0.15) is 11.6 Å². The summed E-state index contributed by atoms with van der Waals surface area (Å²) in [6.45, 7) is 5.94. The van der Waals surface area contributed by atoms with E-state index in [2.05, 4.69) is 25.2 Å². The maximum Gasteiger partial charge on any atom is 0.228 e. The van der Waals surface area contributed by atoms with Gasteiger partial charge in [0.05, 0.1) is 37.2 Å². The highest BCUT2D eigenvalue weighted by Gasteiger charge is 2.15. The molecule has 1 fully saturated rings. The molecule has 0 aliphatic carbocycles. The van der Waals surface area contributed by atoms with Crippen LogP contribution in [-0.2, 0) is 22.5 Å². The lowest BCUT2D eigenvalue weighted by molar-refractivity contribution is -0.115. The first kappa shape index (κ1) is 19.7. The summed E-state index contributed by atoms with van der Waals surface area (Å²) >= 11 is 0. The zero-order chi connectivity index (χ0) is 21.4. The highest BCUT2D eigenvalue weighted by atomic mass is 19.1. The van der Waals surface area contributed by atoms with Crippen molar-refractivity contribution in [3.8, 4) is 0 Å². The van der Waals surface area contributed by atoms with Crippen LogP contribution in [0.1, 0.15) is 17.1 Å². The maximum atomic E-state index is 13.7. The number of aromatic nitrogens is 3. The van der Waals surface area contributed by atoms with Crippen molar-refractivity contribution >= 4 is 33.5 Å². The fourth-order valence-corrected chi connectivity index (χ4v) is 4.13. The number of anilines is 1. The topological polar surface area (TPSA) is 86.0 Å². The van der Waals surface area contributed by atoms with Crippen molar-refractivity contribution in [3.63, 3.8) is 0 Å².